The molecule has 2 heterocycles. The third-order valence-corrected chi connectivity index (χ3v) is 5.90. The molecule has 0 unspecified atom stereocenters. The minimum absolute atomic E-state index is 0.0411. The number of fused-ring (bicyclic) bond motifs is 1. The number of halogens is 1. The average molecular weight is 483 g/mol. The Labute approximate surface area is 202 Å². The van der Waals surface area contributed by atoms with Gasteiger partial charge in [-0.3, -0.25) is 9.36 Å². The van der Waals surface area contributed by atoms with Crippen LogP contribution in [0.2, 0.25) is 5.02 Å². The molecule has 0 bridgehead atoms. The van der Waals surface area contributed by atoms with E-state index in [1.807, 2.05) is 42.5 Å². The number of benzene rings is 2. The number of hydrogen-bond acceptors (Lipinski definition) is 6. The van der Waals surface area contributed by atoms with Gasteiger partial charge in [-0.1, -0.05) is 54.1 Å². The summed E-state index contributed by atoms with van der Waals surface area (Å²) in [5, 5.41) is 12.9. The monoisotopic (exact) mass is 482 g/mol. The minimum Gasteiger partial charge on any atom is -0.445 e. The van der Waals surface area contributed by atoms with Gasteiger partial charge in [0.2, 0.25) is 5.95 Å². The molecule has 0 radical (unpaired) electrons. The first-order valence-electron chi connectivity index (χ1n) is 11.2. The van der Waals surface area contributed by atoms with E-state index in [1.165, 1.54) is 0 Å². The molecule has 9 heteroatoms. The van der Waals surface area contributed by atoms with Gasteiger partial charge in [0.05, 0.1) is 24.3 Å². The van der Waals surface area contributed by atoms with Gasteiger partial charge in [-0.05, 0) is 29.7 Å². The summed E-state index contributed by atoms with van der Waals surface area (Å²) < 4.78 is 7.03. The Morgan fingerprint density at radius 2 is 1.88 bits per heavy atom. The Kier molecular flexibility index (Phi) is 7.82. The number of aliphatic hydroxyl groups excluding tert-OH is 1. The van der Waals surface area contributed by atoms with Crippen molar-refractivity contribution in [2.75, 3.05) is 25.0 Å². The standard InChI is InChI=1S/C25H27ClN4O4/c26-20-9-7-18(8-10-20)15-30-23(32)21-16-29(25(33)34-17-19-5-2-1-3-6-19)13-11-22(21)28-24(30)27-12-4-14-31/h1-3,5-10,31H,4,11-17H2,(H,27,28). The molecule has 1 aromatic heterocycles. The Balaban J connectivity index is 1.56. The van der Waals surface area contributed by atoms with Crippen molar-refractivity contribution in [3.8, 4) is 0 Å². The van der Waals surface area contributed by atoms with Crippen molar-refractivity contribution in [1.29, 1.82) is 0 Å². The lowest BCUT2D eigenvalue weighted by molar-refractivity contribution is 0.0913. The summed E-state index contributed by atoms with van der Waals surface area (Å²) in [6.45, 7) is 1.57. The molecule has 178 valence electrons. The second-order valence-corrected chi connectivity index (χ2v) is 8.53. The molecule has 8 nitrogen and oxygen atoms in total. The van der Waals surface area contributed by atoms with E-state index < -0.39 is 6.09 Å². The number of nitrogens with one attached hydrogen (secondary N) is 1. The molecule has 0 atom stereocenters. The van der Waals surface area contributed by atoms with Crippen LogP contribution in [0.15, 0.2) is 59.4 Å². The SMILES string of the molecule is O=C(OCc1ccccc1)N1CCc2nc(NCCCO)n(Cc3ccc(Cl)cc3)c(=O)c2C1. The number of rotatable bonds is 8. The van der Waals surface area contributed by atoms with Crippen LogP contribution in [0.4, 0.5) is 10.7 Å². The number of amides is 1. The van der Waals surface area contributed by atoms with Crippen molar-refractivity contribution in [1.82, 2.24) is 14.5 Å². The predicted octanol–water partition coefficient (Wildman–Crippen LogP) is 3.43. The Hall–Kier alpha value is -3.36. The second-order valence-electron chi connectivity index (χ2n) is 8.09. The van der Waals surface area contributed by atoms with Crippen LogP contribution >= 0.6 is 11.6 Å². The van der Waals surface area contributed by atoms with Gasteiger partial charge < -0.3 is 20.1 Å². The highest BCUT2D eigenvalue weighted by atomic mass is 35.5. The lowest BCUT2D eigenvalue weighted by Gasteiger charge is -2.28. The summed E-state index contributed by atoms with van der Waals surface area (Å²) in [6, 6.07) is 16.7. The summed E-state index contributed by atoms with van der Waals surface area (Å²) in [6.07, 6.45) is 0.541. The molecular formula is C25H27ClN4O4. The van der Waals surface area contributed by atoms with Crippen molar-refractivity contribution in [3.05, 3.63) is 92.4 Å². The molecule has 3 aromatic rings. The number of anilines is 1. The maximum Gasteiger partial charge on any atom is 0.410 e. The molecule has 2 N–H and O–H groups in total. The second kappa shape index (κ2) is 11.2. The van der Waals surface area contributed by atoms with E-state index in [1.54, 1.807) is 21.6 Å². The highest BCUT2D eigenvalue weighted by Gasteiger charge is 2.27. The van der Waals surface area contributed by atoms with E-state index in [0.29, 0.717) is 54.7 Å². The summed E-state index contributed by atoms with van der Waals surface area (Å²) in [5.74, 6) is 0.451. The first-order valence-corrected chi connectivity index (χ1v) is 11.6. The molecule has 4 rings (SSSR count). The smallest absolute Gasteiger partial charge is 0.410 e. The molecule has 0 aliphatic carbocycles. The normalized spacial score (nSPS) is 12.8. The van der Waals surface area contributed by atoms with Gasteiger partial charge in [0, 0.05) is 31.1 Å². The molecule has 34 heavy (non-hydrogen) atoms. The van der Waals surface area contributed by atoms with Gasteiger partial charge in [-0.2, -0.15) is 0 Å². The summed E-state index contributed by atoms with van der Waals surface area (Å²) in [7, 11) is 0. The molecule has 1 amide bonds. The molecule has 0 spiro atoms. The molecular weight excluding hydrogens is 456 g/mol. The summed E-state index contributed by atoms with van der Waals surface area (Å²) in [4.78, 5) is 32.4. The summed E-state index contributed by atoms with van der Waals surface area (Å²) >= 11 is 6.00. The number of carbonyl (C=O) groups excluding carboxylic acids is 1. The fourth-order valence-electron chi connectivity index (χ4n) is 3.81. The zero-order valence-electron chi connectivity index (χ0n) is 18.7. The minimum atomic E-state index is -0.455. The van der Waals surface area contributed by atoms with Crippen molar-refractivity contribution in [3.63, 3.8) is 0 Å². The van der Waals surface area contributed by atoms with Crippen LogP contribution in [0, 0.1) is 0 Å². The van der Waals surface area contributed by atoms with Crippen LogP contribution in [0.3, 0.4) is 0 Å². The number of aliphatic hydroxyl groups is 1. The van der Waals surface area contributed by atoms with E-state index in [4.69, 9.17) is 26.4 Å². The number of nitrogens with zero attached hydrogens (tertiary/aromatic N) is 3. The topological polar surface area (TPSA) is 96.7 Å². The molecule has 1 aliphatic rings. The van der Waals surface area contributed by atoms with Gasteiger partial charge in [0.25, 0.3) is 5.56 Å². The highest BCUT2D eigenvalue weighted by Crippen LogP contribution is 2.19. The van der Waals surface area contributed by atoms with Crippen molar-refractivity contribution in [2.45, 2.75) is 32.5 Å². The fourth-order valence-corrected chi connectivity index (χ4v) is 3.94. The number of carbonyl (C=O) groups is 1. The first-order chi connectivity index (χ1) is 16.5. The van der Waals surface area contributed by atoms with Crippen molar-refractivity contribution in [2.24, 2.45) is 0 Å². The number of aromatic nitrogens is 2. The number of ether oxygens (including phenoxy) is 1. The highest BCUT2D eigenvalue weighted by molar-refractivity contribution is 6.30. The first kappa shape index (κ1) is 23.8. The Morgan fingerprint density at radius 3 is 2.62 bits per heavy atom. The van der Waals surface area contributed by atoms with Crippen molar-refractivity contribution < 1.29 is 14.6 Å². The third kappa shape index (κ3) is 5.76. The Morgan fingerprint density at radius 1 is 1.12 bits per heavy atom. The predicted molar refractivity (Wildman–Crippen MR) is 130 cm³/mol. The zero-order chi connectivity index (χ0) is 23.9. The largest absolute Gasteiger partial charge is 0.445 e. The van der Waals surface area contributed by atoms with Crippen LogP contribution in [0.5, 0.6) is 0 Å². The lowest BCUT2D eigenvalue weighted by atomic mass is 10.1. The quantitative estimate of drug-likeness (QED) is 0.477. The molecule has 0 saturated heterocycles. The van der Waals surface area contributed by atoms with Gasteiger partial charge in [0.15, 0.2) is 0 Å². The van der Waals surface area contributed by atoms with Gasteiger partial charge in [-0.15, -0.1) is 0 Å². The van der Waals surface area contributed by atoms with Crippen molar-refractivity contribution >= 4 is 23.6 Å². The van der Waals surface area contributed by atoms with Crippen LogP contribution < -0.4 is 10.9 Å². The third-order valence-electron chi connectivity index (χ3n) is 5.65. The molecule has 1 aliphatic heterocycles. The van der Waals surface area contributed by atoms with E-state index in [9.17, 15) is 9.59 Å². The van der Waals surface area contributed by atoms with Gasteiger partial charge in [0.1, 0.15) is 6.61 Å². The molecule has 2 aromatic carbocycles. The van der Waals surface area contributed by atoms with E-state index in [-0.39, 0.29) is 25.3 Å². The molecule has 0 fully saturated rings. The maximum atomic E-state index is 13.5. The van der Waals surface area contributed by atoms with E-state index in [2.05, 4.69) is 5.32 Å². The molecule has 0 saturated carbocycles. The number of hydrogen-bond donors (Lipinski definition) is 2. The lowest BCUT2D eigenvalue weighted by Crippen LogP contribution is -2.42. The van der Waals surface area contributed by atoms with Crippen LogP contribution in [0.1, 0.15) is 28.8 Å². The van der Waals surface area contributed by atoms with Crippen LogP contribution in [-0.4, -0.2) is 45.3 Å². The van der Waals surface area contributed by atoms with Crippen LogP contribution in [-0.2, 0) is 30.9 Å². The average Bonchev–Trinajstić information content (AvgIpc) is 2.86. The van der Waals surface area contributed by atoms with Gasteiger partial charge in [-0.25, -0.2) is 9.78 Å². The van der Waals surface area contributed by atoms with Crippen LogP contribution in [0.25, 0.3) is 0 Å². The summed E-state index contributed by atoms with van der Waals surface area (Å²) in [5.41, 5.74) is 2.76. The van der Waals surface area contributed by atoms with Gasteiger partial charge >= 0.3 is 6.09 Å². The van der Waals surface area contributed by atoms with E-state index in [0.717, 1.165) is 11.1 Å². The maximum absolute atomic E-state index is 13.5. The Bertz CT molecular complexity index is 1180. The fraction of sp³-hybridized carbons (Fsp3) is 0.320. The van der Waals surface area contributed by atoms with E-state index >= 15 is 0 Å². The zero-order valence-corrected chi connectivity index (χ0v) is 19.5.